The van der Waals surface area contributed by atoms with Crippen LogP contribution in [0.25, 0.3) is 11.0 Å². The normalized spacial score (nSPS) is 12.6. The third kappa shape index (κ3) is 2.58. The zero-order valence-corrected chi connectivity index (χ0v) is 12.2. The maximum Gasteiger partial charge on any atom is 0.182 e. The lowest BCUT2D eigenvalue weighted by atomic mass is 10.1. The standard InChI is InChI=1S/C11H19N5O2S/c1-4-19(17,18)6-5-16-11-8(10(12)13-14-11)9(15-16)7(2)3/h7H,4-6H2,1-3H3,(H3,12,13,14). The second-order valence-corrected chi connectivity index (χ2v) is 7.31. The number of nitrogens with zero attached hydrogens (tertiary/aromatic N) is 3. The van der Waals surface area contributed by atoms with Crippen LogP contribution < -0.4 is 5.73 Å². The largest absolute Gasteiger partial charge is 0.383 e. The van der Waals surface area contributed by atoms with E-state index in [9.17, 15) is 8.42 Å². The Morgan fingerprint density at radius 1 is 1.42 bits per heavy atom. The number of nitrogen functional groups attached to an aromatic ring is 1. The minimum absolute atomic E-state index is 0.0601. The Bertz CT molecular complexity index is 683. The van der Waals surface area contributed by atoms with E-state index in [4.69, 9.17) is 5.73 Å². The van der Waals surface area contributed by atoms with Crippen molar-refractivity contribution in [1.29, 1.82) is 0 Å². The van der Waals surface area contributed by atoms with Gasteiger partial charge in [-0.3, -0.25) is 5.10 Å². The number of H-pyrrole nitrogens is 1. The predicted molar refractivity (Wildman–Crippen MR) is 74.7 cm³/mol. The number of hydrogen-bond donors (Lipinski definition) is 2. The number of aryl methyl sites for hydroxylation is 1. The highest BCUT2D eigenvalue weighted by molar-refractivity contribution is 7.91. The maximum atomic E-state index is 11.6. The van der Waals surface area contributed by atoms with Crippen LogP contribution in [0.4, 0.5) is 5.82 Å². The van der Waals surface area contributed by atoms with Gasteiger partial charge in [0.05, 0.1) is 23.4 Å². The highest BCUT2D eigenvalue weighted by atomic mass is 32.2. The van der Waals surface area contributed by atoms with E-state index in [0.717, 1.165) is 11.1 Å². The summed E-state index contributed by atoms with van der Waals surface area (Å²) in [6.45, 7) is 5.96. The summed E-state index contributed by atoms with van der Waals surface area (Å²) in [6, 6.07) is 0. The van der Waals surface area contributed by atoms with Crippen LogP contribution in [0.5, 0.6) is 0 Å². The molecule has 0 aromatic carbocycles. The summed E-state index contributed by atoms with van der Waals surface area (Å²) < 4.78 is 24.7. The molecular weight excluding hydrogens is 266 g/mol. The van der Waals surface area contributed by atoms with Crippen LogP contribution in [0.1, 0.15) is 32.4 Å². The van der Waals surface area contributed by atoms with Crippen molar-refractivity contribution in [1.82, 2.24) is 20.0 Å². The van der Waals surface area contributed by atoms with E-state index >= 15 is 0 Å². The molecule has 3 N–H and O–H groups in total. The van der Waals surface area contributed by atoms with Crippen LogP contribution >= 0.6 is 0 Å². The van der Waals surface area contributed by atoms with E-state index in [-0.39, 0.29) is 17.4 Å². The van der Waals surface area contributed by atoms with E-state index in [1.165, 1.54) is 0 Å². The van der Waals surface area contributed by atoms with Crippen LogP contribution in [0.2, 0.25) is 0 Å². The van der Waals surface area contributed by atoms with Crippen LogP contribution in [0, 0.1) is 0 Å². The van der Waals surface area contributed by atoms with Crippen molar-refractivity contribution in [3.05, 3.63) is 5.69 Å². The number of nitrogens with one attached hydrogen (secondary N) is 1. The molecule has 0 saturated carbocycles. The van der Waals surface area contributed by atoms with Gasteiger partial charge >= 0.3 is 0 Å². The van der Waals surface area contributed by atoms with E-state index in [0.29, 0.717) is 18.0 Å². The number of sulfone groups is 1. The molecule has 7 nitrogen and oxygen atoms in total. The van der Waals surface area contributed by atoms with Crippen molar-refractivity contribution in [2.24, 2.45) is 0 Å². The molecule has 0 saturated heterocycles. The predicted octanol–water partition coefficient (Wildman–Crippen LogP) is 0.900. The zero-order valence-electron chi connectivity index (χ0n) is 11.3. The van der Waals surface area contributed by atoms with Crippen molar-refractivity contribution < 1.29 is 8.42 Å². The molecule has 0 fully saturated rings. The first-order valence-electron chi connectivity index (χ1n) is 6.26. The Morgan fingerprint density at radius 2 is 2.11 bits per heavy atom. The Labute approximate surface area is 112 Å². The fraction of sp³-hybridized carbons (Fsp3) is 0.636. The molecule has 0 aliphatic rings. The summed E-state index contributed by atoms with van der Waals surface area (Å²) >= 11 is 0. The summed E-state index contributed by atoms with van der Waals surface area (Å²) in [7, 11) is -3.02. The highest BCUT2D eigenvalue weighted by Gasteiger charge is 2.19. The van der Waals surface area contributed by atoms with Crippen molar-refractivity contribution in [3.63, 3.8) is 0 Å². The molecule has 0 aliphatic carbocycles. The molecule has 2 rings (SSSR count). The molecule has 106 valence electrons. The van der Waals surface area contributed by atoms with Crippen molar-refractivity contribution in [3.8, 4) is 0 Å². The zero-order chi connectivity index (χ0) is 14.2. The first kappa shape index (κ1) is 13.9. The average Bonchev–Trinajstić information content (AvgIpc) is 2.89. The SMILES string of the molecule is CCS(=O)(=O)CCn1nc(C(C)C)c2c(N)[nH]nc21. The molecule has 0 bridgehead atoms. The van der Waals surface area contributed by atoms with Gasteiger partial charge in [-0.05, 0) is 5.92 Å². The fourth-order valence-electron chi connectivity index (χ4n) is 1.94. The Balaban J connectivity index is 2.39. The molecule has 2 aromatic heterocycles. The maximum absolute atomic E-state index is 11.6. The van der Waals surface area contributed by atoms with Gasteiger partial charge in [-0.15, -0.1) is 0 Å². The number of rotatable bonds is 5. The molecule has 2 heterocycles. The van der Waals surface area contributed by atoms with E-state index < -0.39 is 9.84 Å². The van der Waals surface area contributed by atoms with E-state index in [2.05, 4.69) is 15.3 Å². The topological polar surface area (TPSA) is 107 Å². The molecule has 0 aliphatic heterocycles. The van der Waals surface area contributed by atoms with E-state index in [1.807, 2.05) is 13.8 Å². The molecular formula is C11H19N5O2S. The molecule has 0 spiro atoms. The molecule has 0 amide bonds. The summed E-state index contributed by atoms with van der Waals surface area (Å²) in [4.78, 5) is 0. The quantitative estimate of drug-likeness (QED) is 0.848. The lowest BCUT2D eigenvalue weighted by molar-refractivity contribution is 0.581. The van der Waals surface area contributed by atoms with Gasteiger partial charge in [-0.2, -0.15) is 10.2 Å². The number of nitrogens with two attached hydrogens (primary N) is 1. The number of aromatic amines is 1. The van der Waals surface area contributed by atoms with E-state index in [1.54, 1.807) is 11.6 Å². The van der Waals surface area contributed by atoms with Crippen LogP contribution in [0.3, 0.4) is 0 Å². The number of aromatic nitrogens is 4. The van der Waals surface area contributed by atoms with Gasteiger partial charge in [0.25, 0.3) is 0 Å². The molecule has 19 heavy (non-hydrogen) atoms. The first-order chi connectivity index (χ1) is 8.85. The molecule has 2 aromatic rings. The van der Waals surface area contributed by atoms with Crippen LogP contribution in [0.15, 0.2) is 0 Å². The number of anilines is 1. The van der Waals surface area contributed by atoms with Crippen molar-refractivity contribution in [2.75, 3.05) is 17.2 Å². The summed E-state index contributed by atoms with van der Waals surface area (Å²) in [5.41, 5.74) is 7.31. The molecule has 0 radical (unpaired) electrons. The third-order valence-corrected chi connectivity index (χ3v) is 4.79. The number of hydrogen-bond acceptors (Lipinski definition) is 5. The van der Waals surface area contributed by atoms with Gasteiger partial charge in [0, 0.05) is 5.75 Å². The fourth-order valence-corrected chi connectivity index (χ4v) is 2.68. The summed E-state index contributed by atoms with van der Waals surface area (Å²) in [5.74, 6) is 0.872. The monoisotopic (exact) mass is 285 g/mol. The molecule has 0 atom stereocenters. The third-order valence-electron chi connectivity index (χ3n) is 3.11. The number of fused-ring (bicyclic) bond motifs is 1. The lowest BCUT2D eigenvalue weighted by Crippen LogP contribution is -2.15. The Kier molecular flexibility index (Phi) is 3.53. The van der Waals surface area contributed by atoms with Gasteiger partial charge in [-0.25, -0.2) is 13.1 Å². The van der Waals surface area contributed by atoms with Crippen molar-refractivity contribution in [2.45, 2.75) is 33.2 Å². The Morgan fingerprint density at radius 3 is 2.68 bits per heavy atom. The average molecular weight is 285 g/mol. The lowest BCUT2D eigenvalue weighted by Gasteiger charge is -2.03. The Hall–Kier alpha value is -1.57. The van der Waals surface area contributed by atoms with Gasteiger partial charge in [0.1, 0.15) is 5.82 Å². The van der Waals surface area contributed by atoms with Gasteiger partial charge in [0.15, 0.2) is 15.5 Å². The van der Waals surface area contributed by atoms with Crippen molar-refractivity contribution >= 4 is 26.7 Å². The van der Waals surface area contributed by atoms with Crippen LogP contribution in [-0.2, 0) is 16.4 Å². The molecule has 0 unspecified atom stereocenters. The smallest absolute Gasteiger partial charge is 0.182 e. The van der Waals surface area contributed by atoms with Gasteiger partial charge < -0.3 is 5.73 Å². The molecule has 8 heteroatoms. The first-order valence-corrected chi connectivity index (χ1v) is 8.08. The summed E-state index contributed by atoms with van der Waals surface area (Å²) in [5, 5.41) is 12.1. The second kappa shape index (κ2) is 4.84. The minimum atomic E-state index is -3.02. The summed E-state index contributed by atoms with van der Waals surface area (Å²) in [6.07, 6.45) is 0. The van der Waals surface area contributed by atoms with Crippen LogP contribution in [-0.4, -0.2) is 39.9 Å². The highest BCUT2D eigenvalue weighted by Crippen LogP contribution is 2.27. The van der Waals surface area contributed by atoms with Gasteiger partial charge in [-0.1, -0.05) is 20.8 Å². The second-order valence-electron chi connectivity index (χ2n) is 4.84. The minimum Gasteiger partial charge on any atom is -0.383 e. The van der Waals surface area contributed by atoms with Gasteiger partial charge in [0.2, 0.25) is 0 Å².